The van der Waals surface area contributed by atoms with Gasteiger partial charge in [-0.25, -0.2) is 8.78 Å². The first-order valence-electron chi connectivity index (χ1n) is 7.59. The van der Waals surface area contributed by atoms with Gasteiger partial charge in [-0.15, -0.1) is 0 Å². The van der Waals surface area contributed by atoms with Crippen molar-refractivity contribution in [2.75, 3.05) is 26.2 Å². The van der Waals surface area contributed by atoms with Crippen molar-refractivity contribution in [3.8, 4) is 0 Å². The van der Waals surface area contributed by atoms with Gasteiger partial charge in [0.2, 0.25) is 0 Å². The Morgan fingerprint density at radius 3 is 2.43 bits per heavy atom. The summed E-state index contributed by atoms with van der Waals surface area (Å²) >= 11 is 0. The number of ether oxygens (including phenoxy) is 1. The SMILES string of the molecule is CCN(CC1CCCO1)C(CN)c1ccc(C(F)F)cc1. The quantitative estimate of drug-likeness (QED) is 0.840. The van der Waals surface area contributed by atoms with E-state index in [-0.39, 0.29) is 17.7 Å². The first kappa shape index (κ1) is 16.3. The van der Waals surface area contributed by atoms with E-state index in [2.05, 4.69) is 11.8 Å². The zero-order chi connectivity index (χ0) is 15.2. The summed E-state index contributed by atoms with van der Waals surface area (Å²) in [6, 6.07) is 6.55. The van der Waals surface area contributed by atoms with Gasteiger partial charge < -0.3 is 10.5 Å². The van der Waals surface area contributed by atoms with E-state index in [4.69, 9.17) is 10.5 Å². The molecule has 1 saturated heterocycles. The van der Waals surface area contributed by atoms with E-state index < -0.39 is 6.43 Å². The molecule has 1 fully saturated rings. The molecule has 0 aliphatic carbocycles. The third-order valence-electron chi connectivity index (χ3n) is 4.11. The second kappa shape index (κ2) is 7.82. The van der Waals surface area contributed by atoms with Crippen LogP contribution in [0.1, 0.15) is 43.4 Å². The van der Waals surface area contributed by atoms with Crippen molar-refractivity contribution in [3.63, 3.8) is 0 Å². The van der Waals surface area contributed by atoms with Crippen molar-refractivity contribution in [1.82, 2.24) is 4.90 Å². The molecule has 1 aromatic carbocycles. The number of benzene rings is 1. The standard InChI is InChI=1S/C16H24F2N2O/c1-2-20(11-14-4-3-9-21-14)15(10-19)12-5-7-13(8-6-12)16(17)18/h5-8,14-16H,2-4,9-11,19H2,1H3. The summed E-state index contributed by atoms with van der Waals surface area (Å²) in [6.45, 7) is 5.09. The zero-order valence-corrected chi connectivity index (χ0v) is 12.5. The van der Waals surface area contributed by atoms with Crippen LogP contribution >= 0.6 is 0 Å². The molecule has 1 heterocycles. The summed E-state index contributed by atoms with van der Waals surface area (Å²) in [5, 5.41) is 0. The molecule has 0 saturated carbocycles. The number of alkyl halides is 2. The summed E-state index contributed by atoms with van der Waals surface area (Å²) in [5.41, 5.74) is 6.96. The van der Waals surface area contributed by atoms with Gasteiger partial charge >= 0.3 is 0 Å². The van der Waals surface area contributed by atoms with E-state index in [1.54, 1.807) is 12.1 Å². The van der Waals surface area contributed by atoms with E-state index >= 15 is 0 Å². The van der Waals surface area contributed by atoms with Crippen LogP contribution in [-0.4, -0.2) is 37.2 Å². The average molecular weight is 298 g/mol. The van der Waals surface area contributed by atoms with Gasteiger partial charge in [-0.05, 0) is 24.9 Å². The van der Waals surface area contributed by atoms with Crippen LogP contribution in [0.3, 0.4) is 0 Å². The van der Waals surface area contributed by atoms with Crippen LogP contribution in [0.5, 0.6) is 0 Å². The maximum absolute atomic E-state index is 12.6. The molecule has 0 radical (unpaired) electrons. The highest BCUT2D eigenvalue weighted by molar-refractivity contribution is 5.26. The summed E-state index contributed by atoms with van der Waals surface area (Å²) in [7, 11) is 0. The highest BCUT2D eigenvalue weighted by Gasteiger charge is 2.24. The second-order valence-corrected chi connectivity index (χ2v) is 5.44. The fourth-order valence-corrected chi connectivity index (χ4v) is 2.89. The number of likely N-dealkylation sites (N-methyl/N-ethyl adjacent to an activating group) is 1. The van der Waals surface area contributed by atoms with E-state index in [0.29, 0.717) is 6.54 Å². The van der Waals surface area contributed by atoms with Crippen molar-refractivity contribution < 1.29 is 13.5 Å². The van der Waals surface area contributed by atoms with E-state index in [9.17, 15) is 8.78 Å². The van der Waals surface area contributed by atoms with Gasteiger partial charge in [0.15, 0.2) is 0 Å². The highest BCUT2D eigenvalue weighted by Crippen LogP contribution is 2.25. The third kappa shape index (κ3) is 4.22. The van der Waals surface area contributed by atoms with Gasteiger partial charge in [0.05, 0.1) is 6.10 Å². The number of rotatable bonds is 7. The molecular formula is C16H24F2N2O. The Balaban J connectivity index is 2.08. The molecule has 0 spiro atoms. The minimum atomic E-state index is -2.43. The zero-order valence-electron chi connectivity index (χ0n) is 12.5. The average Bonchev–Trinajstić information content (AvgIpc) is 3.00. The minimum Gasteiger partial charge on any atom is -0.377 e. The van der Waals surface area contributed by atoms with Crippen LogP contribution in [-0.2, 0) is 4.74 Å². The van der Waals surface area contributed by atoms with Gasteiger partial charge in [-0.3, -0.25) is 4.90 Å². The molecule has 2 rings (SSSR count). The molecule has 0 aromatic heterocycles. The van der Waals surface area contributed by atoms with Gasteiger partial charge in [-0.1, -0.05) is 31.2 Å². The predicted octanol–water partition coefficient (Wildman–Crippen LogP) is 3.12. The summed E-state index contributed by atoms with van der Waals surface area (Å²) in [6.07, 6.45) is 0.0281. The molecule has 0 bridgehead atoms. The number of hydrogen-bond acceptors (Lipinski definition) is 3. The first-order chi connectivity index (χ1) is 10.2. The number of nitrogens with zero attached hydrogens (tertiary/aromatic N) is 1. The van der Waals surface area contributed by atoms with Crippen molar-refractivity contribution in [1.29, 1.82) is 0 Å². The topological polar surface area (TPSA) is 38.5 Å². The van der Waals surface area contributed by atoms with Crippen LogP contribution in [0.4, 0.5) is 8.78 Å². The molecule has 2 N–H and O–H groups in total. The molecule has 5 heteroatoms. The van der Waals surface area contributed by atoms with Crippen molar-refractivity contribution >= 4 is 0 Å². The normalized spacial score (nSPS) is 20.4. The summed E-state index contributed by atoms with van der Waals surface area (Å²) in [5.74, 6) is 0. The van der Waals surface area contributed by atoms with Crippen LogP contribution < -0.4 is 5.73 Å². The van der Waals surface area contributed by atoms with Crippen molar-refractivity contribution in [2.45, 2.75) is 38.3 Å². The Labute approximate surface area is 125 Å². The molecular weight excluding hydrogens is 274 g/mol. The molecule has 3 nitrogen and oxygen atoms in total. The maximum Gasteiger partial charge on any atom is 0.263 e. The molecule has 2 unspecified atom stereocenters. The second-order valence-electron chi connectivity index (χ2n) is 5.44. The lowest BCUT2D eigenvalue weighted by Gasteiger charge is -2.32. The van der Waals surface area contributed by atoms with Crippen LogP contribution in [0.15, 0.2) is 24.3 Å². The Bertz CT molecular complexity index is 419. The van der Waals surface area contributed by atoms with Gasteiger partial charge in [0, 0.05) is 31.3 Å². The molecule has 0 amide bonds. The monoisotopic (exact) mass is 298 g/mol. The fraction of sp³-hybridized carbons (Fsp3) is 0.625. The largest absolute Gasteiger partial charge is 0.377 e. The van der Waals surface area contributed by atoms with E-state index in [0.717, 1.165) is 38.1 Å². The van der Waals surface area contributed by atoms with Gasteiger partial charge in [-0.2, -0.15) is 0 Å². The highest BCUT2D eigenvalue weighted by atomic mass is 19.3. The van der Waals surface area contributed by atoms with Crippen LogP contribution in [0.25, 0.3) is 0 Å². The lowest BCUT2D eigenvalue weighted by Crippen LogP contribution is -2.38. The van der Waals surface area contributed by atoms with Crippen molar-refractivity contribution in [2.24, 2.45) is 5.73 Å². The van der Waals surface area contributed by atoms with Gasteiger partial charge in [0.1, 0.15) is 0 Å². The third-order valence-corrected chi connectivity index (χ3v) is 4.11. The summed E-state index contributed by atoms with van der Waals surface area (Å²) < 4.78 is 30.9. The van der Waals surface area contributed by atoms with Crippen molar-refractivity contribution in [3.05, 3.63) is 35.4 Å². The smallest absolute Gasteiger partial charge is 0.263 e. The van der Waals surface area contributed by atoms with Crippen LogP contribution in [0.2, 0.25) is 0 Å². The Kier molecular flexibility index (Phi) is 6.08. The van der Waals surface area contributed by atoms with E-state index in [1.807, 2.05) is 0 Å². The number of hydrogen-bond donors (Lipinski definition) is 1. The first-order valence-corrected chi connectivity index (χ1v) is 7.59. The van der Waals surface area contributed by atoms with Gasteiger partial charge in [0.25, 0.3) is 6.43 Å². The minimum absolute atomic E-state index is 0.0472. The number of nitrogens with two attached hydrogens (primary N) is 1. The Morgan fingerprint density at radius 2 is 1.95 bits per heavy atom. The summed E-state index contributed by atoms with van der Waals surface area (Å²) in [4.78, 5) is 2.27. The Morgan fingerprint density at radius 1 is 1.29 bits per heavy atom. The predicted molar refractivity (Wildman–Crippen MR) is 79.4 cm³/mol. The van der Waals surface area contributed by atoms with E-state index in [1.165, 1.54) is 12.1 Å². The van der Waals surface area contributed by atoms with Crippen LogP contribution in [0, 0.1) is 0 Å². The number of halogens is 2. The molecule has 21 heavy (non-hydrogen) atoms. The molecule has 1 aromatic rings. The maximum atomic E-state index is 12.6. The molecule has 1 aliphatic heterocycles. The molecule has 2 atom stereocenters. The lowest BCUT2D eigenvalue weighted by atomic mass is 10.0. The Hall–Kier alpha value is -1.04. The fourth-order valence-electron chi connectivity index (χ4n) is 2.89. The lowest BCUT2D eigenvalue weighted by molar-refractivity contribution is 0.0601. The molecule has 118 valence electrons. The molecule has 1 aliphatic rings.